The number of carbonyl (C=O) groups is 1. The summed E-state index contributed by atoms with van der Waals surface area (Å²) in [4.78, 5) is 18.7. The first kappa shape index (κ1) is 11.8. The van der Waals surface area contributed by atoms with Gasteiger partial charge in [-0.05, 0) is 18.8 Å². The van der Waals surface area contributed by atoms with Gasteiger partial charge in [-0.15, -0.1) is 0 Å². The molecule has 2 N–H and O–H groups in total. The molecule has 0 radical (unpaired) electrons. The molecule has 1 aliphatic heterocycles. The number of anilines is 1. The van der Waals surface area contributed by atoms with E-state index in [9.17, 15) is 4.79 Å². The zero-order valence-electron chi connectivity index (χ0n) is 9.43. The summed E-state index contributed by atoms with van der Waals surface area (Å²) in [5.74, 6) is -0.335. The van der Waals surface area contributed by atoms with Gasteiger partial charge in [-0.3, -0.25) is 0 Å². The maximum atomic E-state index is 10.9. The average Bonchev–Trinajstić information content (AvgIpc) is 2.38. The molecule has 17 heavy (non-hydrogen) atoms. The number of hydrogen-bond acceptors (Lipinski definition) is 5. The first-order valence-electron chi connectivity index (χ1n) is 5.63. The summed E-state index contributed by atoms with van der Waals surface area (Å²) in [6.07, 6.45) is 5.00. The first-order chi connectivity index (χ1) is 8.27. The molecule has 0 aliphatic carbocycles. The molecule has 6 heteroatoms. The van der Waals surface area contributed by atoms with Crippen molar-refractivity contribution in [2.24, 2.45) is 5.92 Å². The lowest BCUT2D eigenvalue weighted by molar-refractivity contribution is 0.0594. The van der Waals surface area contributed by atoms with Gasteiger partial charge in [0.2, 0.25) is 0 Å². The highest BCUT2D eigenvalue weighted by Crippen LogP contribution is 2.15. The van der Waals surface area contributed by atoms with E-state index in [0.717, 1.165) is 26.1 Å². The van der Waals surface area contributed by atoms with Crippen molar-refractivity contribution in [3.05, 3.63) is 18.1 Å². The first-order valence-corrected chi connectivity index (χ1v) is 5.63. The molecule has 0 aromatic carbocycles. The number of carboxylic acid groups (broad SMARTS) is 1. The molecule has 1 aromatic rings. The number of hydrogen-bond donors (Lipinski definition) is 2. The summed E-state index contributed by atoms with van der Waals surface area (Å²) in [7, 11) is 0. The lowest BCUT2D eigenvalue weighted by Gasteiger charge is -2.22. The van der Waals surface area contributed by atoms with Crippen LogP contribution in [0.1, 0.15) is 23.3 Å². The van der Waals surface area contributed by atoms with Crippen LogP contribution in [0.3, 0.4) is 0 Å². The van der Waals surface area contributed by atoms with E-state index < -0.39 is 5.97 Å². The second-order valence-corrected chi connectivity index (χ2v) is 4.02. The molecule has 1 atom stereocenters. The number of carboxylic acids is 1. The minimum atomic E-state index is -1.07. The Morgan fingerprint density at radius 1 is 1.53 bits per heavy atom. The fourth-order valence-electron chi connectivity index (χ4n) is 1.83. The van der Waals surface area contributed by atoms with Crippen LogP contribution in [-0.4, -0.2) is 40.8 Å². The molecule has 1 aromatic heterocycles. The van der Waals surface area contributed by atoms with E-state index in [0.29, 0.717) is 18.3 Å². The van der Waals surface area contributed by atoms with Crippen molar-refractivity contribution in [1.29, 1.82) is 0 Å². The third-order valence-electron chi connectivity index (χ3n) is 2.71. The summed E-state index contributed by atoms with van der Waals surface area (Å²) in [5, 5.41) is 12.0. The van der Waals surface area contributed by atoms with E-state index in [1.54, 1.807) is 0 Å². The highest BCUT2D eigenvalue weighted by Gasteiger charge is 2.16. The van der Waals surface area contributed by atoms with E-state index in [-0.39, 0.29) is 5.69 Å². The van der Waals surface area contributed by atoms with Crippen LogP contribution in [0, 0.1) is 5.92 Å². The van der Waals surface area contributed by atoms with Crippen molar-refractivity contribution in [2.45, 2.75) is 12.8 Å². The molecule has 0 spiro atoms. The number of nitrogens with one attached hydrogen (secondary N) is 1. The number of rotatable bonds is 4. The van der Waals surface area contributed by atoms with Crippen molar-refractivity contribution < 1.29 is 14.6 Å². The van der Waals surface area contributed by atoms with Crippen LogP contribution < -0.4 is 5.32 Å². The molecular formula is C11H15N3O3. The van der Waals surface area contributed by atoms with Crippen LogP contribution in [0.4, 0.5) is 5.82 Å². The Morgan fingerprint density at radius 2 is 2.35 bits per heavy atom. The highest BCUT2D eigenvalue weighted by molar-refractivity contribution is 5.90. The SMILES string of the molecule is O=C(O)c1nccnc1NCC1CCCOC1. The van der Waals surface area contributed by atoms with E-state index in [2.05, 4.69) is 15.3 Å². The lowest BCUT2D eigenvalue weighted by Crippen LogP contribution is -2.25. The summed E-state index contributed by atoms with van der Waals surface area (Å²) >= 11 is 0. The van der Waals surface area contributed by atoms with Gasteiger partial charge >= 0.3 is 5.97 Å². The third kappa shape index (κ3) is 3.13. The molecule has 0 amide bonds. The van der Waals surface area contributed by atoms with Gasteiger partial charge in [0, 0.05) is 25.5 Å². The maximum absolute atomic E-state index is 10.9. The van der Waals surface area contributed by atoms with Gasteiger partial charge in [-0.1, -0.05) is 0 Å². The lowest BCUT2D eigenvalue weighted by atomic mass is 10.0. The van der Waals surface area contributed by atoms with Gasteiger partial charge in [-0.25, -0.2) is 14.8 Å². The monoisotopic (exact) mass is 237 g/mol. The molecule has 0 bridgehead atoms. The summed E-state index contributed by atoms with van der Waals surface area (Å²) in [6, 6.07) is 0. The van der Waals surface area contributed by atoms with Crippen LogP contribution >= 0.6 is 0 Å². The largest absolute Gasteiger partial charge is 0.476 e. The fourth-order valence-corrected chi connectivity index (χ4v) is 1.83. The molecule has 1 unspecified atom stereocenters. The molecule has 2 heterocycles. The van der Waals surface area contributed by atoms with Gasteiger partial charge in [0.25, 0.3) is 0 Å². The molecule has 1 fully saturated rings. The summed E-state index contributed by atoms with van der Waals surface area (Å²) in [5.41, 5.74) is -0.0378. The Kier molecular flexibility index (Phi) is 3.87. The van der Waals surface area contributed by atoms with E-state index >= 15 is 0 Å². The molecule has 1 saturated heterocycles. The molecule has 2 rings (SSSR count). The number of aromatic nitrogens is 2. The van der Waals surface area contributed by atoms with Crippen LogP contribution in [0.5, 0.6) is 0 Å². The Hall–Kier alpha value is -1.69. The van der Waals surface area contributed by atoms with Crippen molar-refractivity contribution in [3.8, 4) is 0 Å². The second kappa shape index (κ2) is 5.58. The minimum absolute atomic E-state index is 0.0378. The van der Waals surface area contributed by atoms with Crippen LogP contribution in [0.25, 0.3) is 0 Å². The van der Waals surface area contributed by atoms with Gasteiger partial charge < -0.3 is 15.2 Å². The van der Waals surface area contributed by atoms with E-state index in [1.807, 2.05) is 0 Å². The van der Waals surface area contributed by atoms with Crippen molar-refractivity contribution >= 4 is 11.8 Å². The van der Waals surface area contributed by atoms with Gasteiger partial charge in [0.15, 0.2) is 11.5 Å². The van der Waals surface area contributed by atoms with Gasteiger partial charge in [0.1, 0.15) is 0 Å². The predicted molar refractivity (Wildman–Crippen MR) is 61.0 cm³/mol. The normalized spacial score (nSPS) is 19.9. The highest BCUT2D eigenvalue weighted by atomic mass is 16.5. The Bertz CT molecular complexity index is 391. The smallest absolute Gasteiger partial charge is 0.358 e. The van der Waals surface area contributed by atoms with Gasteiger partial charge in [-0.2, -0.15) is 0 Å². The number of nitrogens with zero attached hydrogens (tertiary/aromatic N) is 2. The van der Waals surface area contributed by atoms with Crippen LogP contribution in [0.2, 0.25) is 0 Å². The zero-order chi connectivity index (χ0) is 12.1. The van der Waals surface area contributed by atoms with Crippen molar-refractivity contribution in [2.75, 3.05) is 25.1 Å². The topological polar surface area (TPSA) is 84.3 Å². The van der Waals surface area contributed by atoms with Crippen molar-refractivity contribution in [1.82, 2.24) is 9.97 Å². The van der Waals surface area contributed by atoms with Gasteiger partial charge in [0.05, 0.1) is 6.61 Å². The molecule has 92 valence electrons. The Balaban J connectivity index is 1.96. The third-order valence-corrected chi connectivity index (χ3v) is 2.71. The zero-order valence-corrected chi connectivity index (χ0v) is 9.43. The molecular weight excluding hydrogens is 222 g/mol. The second-order valence-electron chi connectivity index (χ2n) is 4.02. The maximum Gasteiger partial charge on any atom is 0.358 e. The Morgan fingerprint density at radius 3 is 3.06 bits per heavy atom. The summed E-state index contributed by atoms with van der Waals surface area (Å²) in [6.45, 7) is 2.21. The molecule has 6 nitrogen and oxygen atoms in total. The fraction of sp³-hybridized carbons (Fsp3) is 0.545. The Labute approximate surface area is 99.0 Å². The van der Waals surface area contributed by atoms with Crippen molar-refractivity contribution in [3.63, 3.8) is 0 Å². The number of aromatic carboxylic acids is 1. The minimum Gasteiger partial charge on any atom is -0.476 e. The van der Waals surface area contributed by atoms with Crippen LogP contribution in [0.15, 0.2) is 12.4 Å². The standard InChI is InChI=1S/C11H15N3O3/c15-11(16)9-10(13-4-3-12-9)14-6-8-2-1-5-17-7-8/h3-4,8H,1-2,5-7H2,(H,13,14)(H,15,16). The summed E-state index contributed by atoms with van der Waals surface area (Å²) < 4.78 is 5.36. The molecule has 1 aliphatic rings. The van der Waals surface area contributed by atoms with Crippen LogP contribution in [-0.2, 0) is 4.74 Å². The van der Waals surface area contributed by atoms with E-state index in [1.165, 1.54) is 12.4 Å². The predicted octanol–water partition coefficient (Wildman–Crippen LogP) is 1.01. The molecule has 0 saturated carbocycles. The number of ether oxygens (including phenoxy) is 1. The van der Waals surface area contributed by atoms with E-state index in [4.69, 9.17) is 9.84 Å². The average molecular weight is 237 g/mol. The quantitative estimate of drug-likeness (QED) is 0.813.